The van der Waals surface area contributed by atoms with Crippen molar-refractivity contribution in [3.63, 3.8) is 0 Å². The van der Waals surface area contributed by atoms with Gasteiger partial charge in [-0.2, -0.15) is 0 Å². The lowest BCUT2D eigenvalue weighted by molar-refractivity contribution is 0.00578. The molecule has 0 N–H and O–H groups in total. The van der Waals surface area contributed by atoms with E-state index in [9.17, 15) is 0 Å². The molecule has 0 aromatic carbocycles. The Morgan fingerprint density at radius 3 is 1.95 bits per heavy atom. The zero-order valence-electron chi connectivity index (χ0n) is 14.7. The van der Waals surface area contributed by atoms with E-state index in [0.717, 1.165) is 45.7 Å². The summed E-state index contributed by atoms with van der Waals surface area (Å²) in [6.07, 6.45) is 2.30. The van der Waals surface area contributed by atoms with Crippen molar-refractivity contribution in [2.24, 2.45) is 0 Å². The van der Waals surface area contributed by atoms with Crippen LogP contribution in [0, 0.1) is 0 Å². The lowest BCUT2D eigenvalue weighted by Gasteiger charge is -2.32. The van der Waals surface area contributed by atoms with Crippen LogP contribution in [-0.2, 0) is 14.0 Å². The molecule has 0 amide bonds. The van der Waals surface area contributed by atoms with E-state index in [1.165, 1.54) is 0 Å². The molecule has 2 rings (SSSR count). The lowest BCUT2D eigenvalue weighted by Crippen LogP contribution is -2.41. The highest BCUT2D eigenvalue weighted by molar-refractivity contribution is 6.51. The van der Waals surface area contributed by atoms with Crippen LogP contribution in [0.3, 0.4) is 0 Å². The van der Waals surface area contributed by atoms with Gasteiger partial charge >= 0.3 is 7.12 Å². The minimum absolute atomic E-state index is 0.0916. The molecular weight excluding hydrogens is 265 g/mol. The van der Waals surface area contributed by atoms with Gasteiger partial charge in [-0.3, -0.25) is 0 Å². The molecule has 0 radical (unpaired) electrons. The summed E-state index contributed by atoms with van der Waals surface area (Å²) in [5.41, 5.74) is -0.483. The number of hydrogen-bond donors (Lipinski definition) is 0. The van der Waals surface area contributed by atoms with Crippen molar-refractivity contribution >= 4 is 7.12 Å². The van der Waals surface area contributed by atoms with Gasteiger partial charge < -0.3 is 18.9 Å². The Morgan fingerprint density at radius 1 is 1.00 bits per heavy atom. The van der Waals surface area contributed by atoms with Crippen molar-refractivity contribution in [3.05, 3.63) is 0 Å². The second-order valence-corrected chi connectivity index (χ2v) is 7.53. The summed E-state index contributed by atoms with van der Waals surface area (Å²) in [7, 11) is -0.115. The Labute approximate surface area is 130 Å². The molecule has 5 heteroatoms. The Kier molecular flexibility index (Phi) is 5.09. The minimum atomic E-state index is -0.242. The first kappa shape index (κ1) is 17.3. The van der Waals surface area contributed by atoms with E-state index in [-0.39, 0.29) is 23.6 Å². The molecule has 0 unspecified atom stereocenters. The second-order valence-electron chi connectivity index (χ2n) is 7.53. The third kappa shape index (κ3) is 3.63. The third-order valence-corrected chi connectivity index (χ3v) is 5.48. The summed E-state index contributed by atoms with van der Waals surface area (Å²) in [6, 6.07) is 0. The van der Waals surface area contributed by atoms with E-state index in [0.29, 0.717) is 0 Å². The molecule has 0 atom stereocenters. The predicted octanol–water partition coefficient (Wildman–Crippen LogP) is 2.97. The molecule has 2 aliphatic rings. The average Bonchev–Trinajstić information content (AvgIpc) is 3.14. The quantitative estimate of drug-likeness (QED) is 0.509. The van der Waals surface area contributed by atoms with Gasteiger partial charge in [-0.25, -0.2) is 0 Å². The molecule has 1 aliphatic heterocycles. The molecule has 0 spiro atoms. The fraction of sp³-hybridized carbons (Fsp3) is 1.00. The monoisotopic (exact) mass is 297 g/mol. The van der Waals surface area contributed by atoms with Crippen molar-refractivity contribution in [1.82, 2.24) is 4.90 Å². The van der Waals surface area contributed by atoms with Crippen LogP contribution in [0.1, 0.15) is 54.4 Å². The summed E-state index contributed by atoms with van der Waals surface area (Å²) in [5, 5.41) is 0.0916. The molecule has 2 fully saturated rings. The normalized spacial score (nSPS) is 25.6. The first-order chi connectivity index (χ1) is 9.76. The molecule has 1 saturated heterocycles. The maximum atomic E-state index is 6.20. The number of hydrogen-bond acceptors (Lipinski definition) is 4. The van der Waals surface area contributed by atoms with Gasteiger partial charge in [0.2, 0.25) is 0 Å². The Morgan fingerprint density at radius 2 is 1.52 bits per heavy atom. The molecule has 21 heavy (non-hydrogen) atoms. The molecule has 122 valence electrons. The first-order valence-electron chi connectivity index (χ1n) is 8.42. The van der Waals surface area contributed by atoms with Crippen molar-refractivity contribution in [2.75, 3.05) is 32.8 Å². The lowest BCUT2D eigenvalue weighted by atomic mass is 9.68. The van der Waals surface area contributed by atoms with Crippen LogP contribution in [0.25, 0.3) is 0 Å². The van der Waals surface area contributed by atoms with Gasteiger partial charge in [0, 0.05) is 11.9 Å². The van der Waals surface area contributed by atoms with Crippen molar-refractivity contribution < 1.29 is 14.0 Å². The van der Waals surface area contributed by atoms with E-state index in [1.54, 1.807) is 0 Å². The first-order valence-corrected chi connectivity index (χ1v) is 8.42. The van der Waals surface area contributed by atoms with Gasteiger partial charge in [-0.05, 0) is 53.6 Å². The summed E-state index contributed by atoms with van der Waals surface area (Å²) in [6.45, 7) is 17.6. The zero-order valence-corrected chi connectivity index (χ0v) is 14.7. The molecule has 0 aromatic rings. The fourth-order valence-corrected chi connectivity index (χ4v) is 2.71. The zero-order chi connectivity index (χ0) is 15.7. The summed E-state index contributed by atoms with van der Waals surface area (Å²) >= 11 is 0. The number of likely N-dealkylation sites (N-methyl/N-ethyl adjacent to an activating group) is 1. The highest BCUT2D eigenvalue weighted by Gasteiger charge is 2.64. The number of ether oxygens (including phenoxy) is 1. The predicted molar refractivity (Wildman–Crippen MR) is 86.6 cm³/mol. The Hall–Kier alpha value is -0.0951. The molecule has 0 bridgehead atoms. The average molecular weight is 297 g/mol. The molecule has 4 nitrogen and oxygen atoms in total. The third-order valence-electron chi connectivity index (χ3n) is 5.48. The highest BCUT2D eigenvalue weighted by atomic mass is 16.7. The molecule has 0 aromatic heterocycles. The summed E-state index contributed by atoms with van der Waals surface area (Å²) in [5.74, 6) is 0. The van der Waals surface area contributed by atoms with Crippen LogP contribution in [-0.4, -0.2) is 56.1 Å². The minimum Gasteiger partial charge on any atom is -0.403 e. The van der Waals surface area contributed by atoms with Crippen molar-refractivity contribution in [3.8, 4) is 0 Å². The standard InChI is InChI=1S/C16H32BNO3/c1-7-18(8-2)11-12-19-13-16(9-10-16)17-20-14(3,4)15(5,6)21-17/h7-13H2,1-6H3. The number of nitrogens with zero attached hydrogens (tertiary/aromatic N) is 1. The topological polar surface area (TPSA) is 30.9 Å². The van der Waals surface area contributed by atoms with Gasteiger partial charge in [0.1, 0.15) is 0 Å². The second kappa shape index (κ2) is 6.19. The van der Waals surface area contributed by atoms with Crippen LogP contribution in [0.2, 0.25) is 5.31 Å². The molecular formula is C16H32BNO3. The fourth-order valence-electron chi connectivity index (χ4n) is 2.71. The molecule has 1 aliphatic carbocycles. The van der Waals surface area contributed by atoms with Gasteiger partial charge in [0.15, 0.2) is 0 Å². The summed E-state index contributed by atoms with van der Waals surface area (Å²) in [4.78, 5) is 2.38. The van der Waals surface area contributed by atoms with Gasteiger partial charge in [-0.15, -0.1) is 0 Å². The Balaban J connectivity index is 1.79. The van der Waals surface area contributed by atoms with Crippen LogP contribution in [0.5, 0.6) is 0 Å². The van der Waals surface area contributed by atoms with Crippen LogP contribution >= 0.6 is 0 Å². The van der Waals surface area contributed by atoms with E-state index in [1.807, 2.05) is 0 Å². The van der Waals surface area contributed by atoms with E-state index in [2.05, 4.69) is 46.4 Å². The van der Waals surface area contributed by atoms with Crippen LogP contribution in [0.15, 0.2) is 0 Å². The van der Waals surface area contributed by atoms with E-state index >= 15 is 0 Å². The largest absolute Gasteiger partial charge is 0.466 e. The van der Waals surface area contributed by atoms with Crippen molar-refractivity contribution in [2.45, 2.75) is 70.9 Å². The smallest absolute Gasteiger partial charge is 0.403 e. The van der Waals surface area contributed by atoms with Gasteiger partial charge in [-0.1, -0.05) is 13.8 Å². The highest BCUT2D eigenvalue weighted by Crippen LogP contribution is 2.60. The van der Waals surface area contributed by atoms with E-state index in [4.69, 9.17) is 14.0 Å². The number of rotatable bonds is 8. The maximum Gasteiger partial charge on any atom is 0.466 e. The van der Waals surface area contributed by atoms with E-state index < -0.39 is 0 Å². The molecule has 1 heterocycles. The van der Waals surface area contributed by atoms with Crippen LogP contribution in [0.4, 0.5) is 0 Å². The SMILES string of the molecule is CCN(CC)CCOCC1(B2OC(C)(C)C(C)(C)O2)CC1. The Bertz CT molecular complexity index is 335. The van der Waals surface area contributed by atoms with Crippen molar-refractivity contribution in [1.29, 1.82) is 0 Å². The summed E-state index contributed by atoms with van der Waals surface area (Å²) < 4.78 is 18.3. The maximum absolute atomic E-state index is 6.20. The molecule has 1 saturated carbocycles. The van der Waals surface area contributed by atoms with Gasteiger partial charge in [0.05, 0.1) is 24.4 Å². The van der Waals surface area contributed by atoms with Gasteiger partial charge in [0.25, 0.3) is 0 Å². The van der Waals surface area contributed by atoms with Crippen LogP contribution < -0.4 is 0 Å².